The van der Waals surface area contributed by atoms with E-state index in [1.165, 1.54) is 0 Å². The largest absolute Gasteiger partial charge is 0.372 e. The number of hydrogen-bond donors (Lipinski definition) is 2. The van der Waals surface area contributed by atoms with E-state index in [0.29, 0.717) is 21.7 Å². The molecular formula is C15H12Cl2N4. The third-order valence-corrected chi connectivity index (χ3v) is 3.86. The van der Waals surface area contributed by atoms with Crippen LogP contribution in [0.5, 0.6) is 0 Å². The van der Waals surface area contributed by atoms with Crippen LogP contribution in [-0.2, 0) is 0 Å². The molecule has 0 aliphatic rings. The Labute approximate surface area is 132 Å². The van der Waals surface area contributed by atoms with E-state index in [2.05, 4.69) is 20.6 Å². The topological polar surface area (TPSA) is 49.8 Å². The third-order valence-electron chi connectivity index (χ3n) is 3.04. The van der Waals surface area contributed by atoms with Gasteiger partial charge in [0.15, 0.2) is 0 Å². The van der Waals surface area contributed by atoms with Crippen LogP contribution >= 0.6 is 23.2 Å². The molecule has 0 atom stereocenters. The van der Waals surface area contributed by atoms with Gasteiger partial charge in [-0.2, -0.15) is 4.98 Å². The summed E-state index contributed by atoms with van der Waals surface area (Å²) in [5.74, 6) is 1.21. The summed E-state index contributed by atoms with van der Waals surface area (Å²) in [5, 5.41) is 8.06. The molecule has 0 saturated carbocycles. The summed E-state index contributed by atoms with van der Waals surface area (Å²) in [6, 6.07) is 13.2. The Kier molecular flexibility index (Phi) is 3.82. The second kappa shape index (κ2) is 5.76. The molecule has 0 saturated heterocycles. The Hall–Kier alpha value is -2.04. The van der Waals surface area contributed by atoms with Gasteiger partial charge in [-0.15, -0.1) is 0 Å². The van der Waals surface area contributed by atoms with Gasteiger partial charge < -0.3 is 10.6 Å². The van der Waals surface area contributed by atoms with Gasteiger partial charge in [0.2, 0.25) is 5.95 Å². The van der Waals surface area contributed by atoms with Crippen molar-refractivity contribution in [2.45, 2.75) is 0 Å². The fraction of sp³-hybridized carbons (Fsp3) is 0.0667. The lowest BCUT2D eigenvalue weighted by molar-refractivity contribution is 1.20. The molecule has 3 rings (SSSR count). The van der Waals surface area contributed by atoms with Crippen molar-refractivity contribution in [3.05, 3.63) is 52.5 Å². The number of para-hydroxylation sites is 1. The highest BCUT2D eigenvalue weighted by Gasteiger charge is 2.09. The van der Waals surface area contributed by atoms with Gasteiger partial charge in [-0.1, -0.05) is 41.4 Å². The first-order valence-corrected chi connectivity index (χ1v) is 7.10. The van der Waals surface area contributed by atoms with Crippen LogP contribution in [0.3, 0.4) is 0 Å². The fourth-order valence-corrected chi connectivity index (χ4v) is 2.39. The molecule has 0 amide bonds. The fourth-order valence-electron chi connectivity index (χ4n) is 2.04. The molecule has 4 nitrogen and oxygen atoms in total. The Morgan fingerprint density at radius 2 is 1.76 bits per heavy atom. The minimum Gasteiger partial charge on any atom is -0.372 e. The molecule has 0 fully saturated rings. The quantitative estimate of drug-likeness (QED) is 0.733. The van der Waals surface area contributed by atoms with Crippen LogP contribution in [0.4, 0.5) is 17.5 Å². The monoisotopic (exact) mass is 318 g/mol. The molecule has 0 radical (unpaired) electrons. The highest BCUT2D eigenvalue weighted by molar-refractivity contribution is 6.43. The summed E-state index contributed by atoms with van der Waals surface area (Å²) in [4.78, 5) is 8.94. The van der Waals surface area contributed by atoms with E-state index < -0.39 is 0 Å². The zero-order chi connectivity index (χ0) is 14.8. The number of nitrogens with one attached hydrogen (secondary N) is 2. The summed E-state index contributed by atoms with van der Waals surface area (Å²) >= 11 is 12.2. The number of nitrogens with zero attached hydrogens (tertiary/aromatic N) is 2. The standard InChI is InChI=1S/C15H12Cl2N4/c1-18-14-9-5-2-3-7-11(9)19-15(21-14)20-12-8-4-6-10(16)13(12)17/h2-8H,1H3,(H2,18,19,20,21). The molecule has 0 unspecified atom stereocenters. The van der Waals surface area contributed by atoms with E-state index >= 15 is 0 Å². The predicted octanol–water partition coefficient (Wildman–Crippen LogP) is 4.72. The van der Waals surface area contributed by atoms with E-state index in [0.717, 1.165) is 16.7 Å². The van der Waals surface area contributed by atoms with Gasteiger partial charge in [0.05, 0.1) is 21.2 Å². The summed E-state index contributed by atoms with van der Waals surface area (Å²) in [6.45, 7) is 0. The Morgan fingerprint density at radius 3 is 2.57 bits per heavy atom. The lowest BCUT2D eigenvalue weighted by Gasteiger charge is -2.11. The van der Waals surface area contributed by atoms with Crippen LogP contribution in [0.15, 0.2) is 42.5 Å². The number of halogens is 2. The number of anilines is 3. The molecule has 1 aromatic heterocycles. The van der Waals surface area contributed by atoms with Crippen molar-refractivity contribution < 1.29 is 0 Å². The summed E-state index contributed by atoms with van der Waals surface area (Å²) in [6.07, 6.45) is 0. The molecule has 1 heterocycles. The molecule has 0 bridgehead atoms. The van der Waals surface area contributed by atoms with Gasteiger partial charge in [-0.25, -0.2) is 4.98 Å². The van der Waals surface area contributed by atoms with Crippen molar-refractivity contribution >= 4 is 51.6 Å². The van der Waals surface area contributed by atoms with Crippen LogP contribution < -0.4 is 10.6 Å². The van der Waals surface area contributed by atoms with Gasteiger partial charge in [0.25, 0.3) is 0 Å². The van der Waals surface area contributed by atoms with Crippen molar-refractivity contribution in [1.82, 2.24) is 9.97 Å². The van der Waals surface area contributed by atoms with Gasteiger partial charge in [0.1, 0.15) is 5.82 Å². The Bertz CT molecular complexity index is 805. The first-order valence-electron chi connectivity index (χ1n) is 6.34. The molecule has 0 aliphatic carbocycles. The molecule has 106 valence electrons. The van der Waals surface area contributed by atoms with E-state index in [9.17, 15) is 0 Å². The van der Waals surface area contributed by atoms with E-state index in [1.54, 1.807) is 6.07 Å². The zero-order valence-electron chi connectivity index (χ0n) is 11.2. The highest BCUT2D eigenvalue weighted by Crippen LogP contribution is 2.31. The first-order chi connectivity index (χ1) is 10.2. The van der Waals surface area contributed by atoms with Gasteiger partial charge >= 0.3 is 0 Å². The van der Waals surface area contributed by atoms with E-state index in [1.807, 2.05) is 43.4 Å². The van der Waals surface area contributed by atoms with Crippen LogP contribution in [0.1, 0.15) is 0 Å². The average molecular weight is 319 g/mol. The van der Waals surface area contributed by atoms with E-state index in [-0.39, 0.29) is 0 Å². The molecule has 21 heavy (non-hydrogen) atoms. The van der Waals surface area contributed by atoms with Crippen molar-refractivity contribution in [2.75, 3.05) is 17.7 Å². The van der Waals surface area contributed by atoms with Crippen molar-refractivity contribution in [1.29, 1.82) is 0 Å². The second-order valence-corrected chi connectivity index (χ2v) is 5.17. The zero-order valence-corrected chi connectivity index (χ0v) is 12.7. The van der Waals surface area contributed by atoms with Crippen molar-refractivity contribution in [3.8, 4) is 0 Å². The van der Waals surface area contributed by atoms with Gasteiger partial charge in [-0.3, -0.25) is 0 Å². The number of rotatable bonds is 3. The first kappa shape index (κ1) is 13.9. The molecule has 6 heteroatoms. The summed E-state index contributed by atoms with van der Waals surface area (Å²) in [7, 11) is 1.82. The normalized spacial score (nSPS) is 10.6. The molecule has 3 aromatic rings. The maximum Gasteiger partial charge on any atom is 0.229 e. The average Bonchev–Trinajstić information content (AvgIpc) is 2.51. The lowest BCUT2D eigenvalue weighted by atomic mass is 10.2. The minimum atomic E-state index is 0.446. The lowest BCUT2D eigenvalue weighted by Crippen LogP contribution is -2.02. The smallest absolute Gasteiger partial charge is 0.229 e. The van der Waals surface area contributed by atoms with Crippen LogP contribution in [-0.4, -0.2) is 17.0 Å². The van der Waals surface area contributed by atoms with Crippen LogP contribution in [0.25, 0.3) is 10.9 Å². The van der Waals surface area contributed by atoms with Crippen LogP contribution in [0, 0.1) is 0 Å². The number of benzene rings is 2. The Morgan fingerprint density at radius 1 is 0.952 bits per heavy atom. The summed E-state index contributed by atoms with van der Waals surface area (Å²) < 4.78 is 0. The molecule has 2 aromatic carbocycles. The summed E-state index contributed by atoms with van der Waals surface area (Å²) in [5.41, 5.74) is 1.51. The molecule has 2 N–H and O–H groups in total. The minimum absolute atomic E-state index is 0.446. The predicted molar refractivity (Wildman–Crippen MR) is 88.8 cm³/mol. The number of hydrogen-bond acceptors (Lipinski definition) is 4. The highest BCUT2D eigenvalue weighted by atomic mass is 35.5. The van der Waals surface area contributed by atoms with Crippen molar-refractivity contribution in [3.63, 3.8) is 0 Å². The molecule has 0 spiro atoms. The Balaban J connectivity index is 2.07. The number of fused-ring (bicyclic) bond motifs is 1. The van der Waals surface area contributed by atoms with Gasteiger partial charge in [-0.05, 0) is 24.3 Å². The third kappa shape index (κ3) is 2.73. The van der Waals surface area contributed by atoms with Crippen LogP contribution in [0.2, 0.25) is 10.0 Å². The second-order valence-electron chi connectivity index (χ2n) is 4.39. The van der Waals surface area contributed by atoms with Crippen molar-refractivity contribution in [2.24, 2.45) is 0 Å². The maximum absolute atomic E-state index is 6.17. The SMILES string of the molecule is CNc1nc(Nc2cccc(Cl)c2Cl)nc2ccccc12. The van der Waals surface area contributed by atoms with Gasteiger partial charge in [0, 0.05) is 12.4 Å². The van der Waals surface area contributed by atoms with E-state index in [4.69, 9.17) is 23.2 Å². The molecule has 0 aliphatic heterocycles. The maximum atomic E-state index is 6.17. The number of aromatic nitrogens is 2. The molecular weight excluding hydrogens is 307 g/mol.